The van der Waals surface area contributed by atoms with Crippen LogP contribution in [0.15, 0.2) is 5.10 Å². The van der Waals surface area contributed by atoms with E-state index in [-0.39, 0.29) is 18.6 Å². The van der Waals surface area contributed by atoms with E-state index in [1.165, 1.54) is 32.1 Å². The minimum Gasteiger partial charge on any atom is -0.449 e. The zero-order valence-electron chi connectivity index (χ0n) is 12.0. The SMILES string of the molecule is CC(C1CCCCC1)N1N=C(CCOC(N)=O)CC1=O. The van der Waals surface area contributed by atoms with E-state index < -0.39 is 6.09 Å². The molecule has 0 bridgehead atoms. The minimum absolute atomic E-state index is 0.0529. The quantitative estimate of drug-likeness (QED) is 0.836. The van der Waals surface area contributed by atoms with E-state index in [0.717, 1.165) is 5.71 Å². The molecule has 6 heteroatoms. The van der Waals surface area contributed by atoms with Gasteiger partial charge in [-0.2, -0.15) is 5.10 Å². The molecule has 2 N–H and O–H groups in total. The molecule has 2 aliphatic rings. The molecule has 1 saturated carbocycles. The molecule has 112 valence electrons. The van der Waals surface area contributed by atoms with Gasteiger partial charge in [-0.25, -0.2) is 9.80 Å². The van der Waals surface area contributed by atoms with Crippen molar-refractivity contribution in [3.05, 3.63) is 0 Å². The molecule has 2 rings (SSSR count). The number of amides is 2. The summed E-state index contributed by atoms with van der Waals surface area (Å²) in [7, 11) is 0. The summed E-state index contributed by atoms with van der Waals surface area (Å²) in [6.45, 7) is 2.27. The van der Waals surface area contributed by atoms with E-state index in [1.54, 1.807) is 5.01 Å². The maximum Gasteiger partial charge on any atom is 0.404 e. The molecule has 1 aliphatic heterocycles. The molecule has 0 aromatic carbocycles. The fourth-order valence-corrected chi connectivity index (χ4v) is 3.04. The molecule has 1 heterocycles. The molecule has 2 amide bonds. The number of hydrazone groups is 1. The van der Waals surface area contributed by atoms with Crippen LogP contribution in [0.2, 0.25) is 0 Å². The lowest BCUT2D eigenvalue weighted by atomic mass is 9.84. The second-order valence-electron chi connectivity index (χ2n) is 5.64. The van der Waals surface area contributed by atoms with E-state index >= 15 is 0 Å². The van der Waals surface area contributed by atoms with Crippen molar-refractivity contribution in [3.8, 4) is 0 Å². The van der Waals surface area contributed by atoms with Gasteiger partial charge in [0.2, 0.25) is 5.91 Å². The fourth-order valence-electron chi connectivity index (χ4n) is 3.04. The van der Waals surface area contributed by atoms with Crippen LogP contribution in [0.1, 0.15) is 51.9 Å². The van der Waals surface area contributed by atoms with Crippen LogP contribution in [0.5, 0.6) is 0 Å². The van der Waals surface area contributed by atoms with Gasteiger partial charge in [-0.3, -0.25) is 4.79 Å². The smallest absolute Gasteiger partial charge is 0.404 e. The summed E-state index contributed by atoms with van der Waals surface area (Å²) in [5, 5.41) is 6.04. The molecule has 0 radical (unpaired) electrons. The average Bonchev–Trinajstić information content (AvgIpc) is 2.79. The van der Waals surface area contributed by atoms with Crippen molar-refractivity contribution in [1.82, 2.24) is 5.01 Å². The van der Waals surface area contributed by atoms with E-state index in [1.807, 2.05) is 0 Å². The van der Waals surface area contributed by atoms with Gasteiger partial charge in [0.15, 0.2) is 0 Å². The monoisotopic (exact) mass is 281 g/mol. The van der Waals surface area contributed by atoms with Crippen molar-refractivity contribution in [2.45, 2.75) is 57.9 Å². The Morgan fingerprint density at radius 1 is 1.45 bits per heavy atom. The number of hydrogen-bond acceptors (Lipinski definition) is 4. The Morgan fingerprint density at radius 2 is 2.15 bits per heavy atom. The van der Waals surface area contributed by atoms with Crippen molar-refractivity contribution >= 4 is 17.7 Å². The molecular formula is C14H23N3O3. The Bertz CT molecular complexity index is 402. The maximum atomic E-state index is 12.0. The van der Waals surface area contributed by atoms with Gasteiger partial charge in [0.05, 0.1) is 24.8 Å². The van der Waals surface area contributed by atoms with Gasteiger partial charge < -0.3 is 10.5 Å². The molecule has 0 saturated heterocycles. The topological polar surface area (TPSA) is 85.0 Å². The Kier molecular flexibility index (Phi) is 4.98. The van der Waals surface area contributed by atoms with Crippen LogP contribution in [0.3, 0.4) is 0 Å². The van der Waals surface area contributed by atoms with Gasteiger partial charge in [0, 0.05) is 6.42 Å². The number of carbonyl (C=O) groups excluding carboxylic acids is 2. The lowest BCUT2D eigenvalue weighted by Gasteiger charge is -2.31. The van der Waals surface area contributed by atoms with E-state index in [2.05, 4.69) is 16.8 Å². The zero-order chi connectivity index (χ0) is 14.5. The lowest BCUT2D eigenvalue weighted by molar-refractivity contribution is -0.131. The highest BCUT2D eigenvalue weighted by Crippen LogP contribution is 2.30. The molecule has 20 heavy (non-hydrogen) atoms. The van der Waals surface area contributed by atoms with E-state index in [9.17, 15) is 9.59 Å². The first kappa shape index (κ1) is 14.8. The first-order valence-corrected chi connectivity index (χ1v) is 7.38. The van der Waals surface area contributed by atoms with Gasteiger partial charge in [-0.1, -0.05) is 19.3 Å². The van der Waals surface area contributed by atoms with Gasteiger partial charge in [0.25, 0.3) is 0 Å². The second-order valence-corrected chi connectivity index (χ2v) is 5.64. The average molecular weight is 281 g/mol. The predicted octanol–water partition coefficient (Wildman–Crippen LogP) is 2.03. The predicted molar refractivity (Wildman–Crippen MR) is 75.1 cm³/mol. The van der Waals surface area contributed by atoms with E-state index in [0.29, 0.717) is 18.8 Å². The summed E-state index contributed by atoms with van der Waals surface area (Å²) in [6.07, 6.45) is 6.18. The van der Waals surface area contributed by atoms with Crippen LogP contribution in [0, 0.1) is 5.92 Å². The Morgan fingerprint density at radius 3 is 2.80 bits per heavy atom. The van der Waals surface area contributed by atoms with Crippen LogP contribution in [-0.2, 0) is 9.53 Å². The Balaban J connectivity index is 1.88. The molecule has 0 aromatic rings. The number of ether oxygens (including phenoxy) is 1. The van der Waals surface area contributed by atoms with Gasteiger partial charge in [0.1, 0.15) is 0 Å². The lowest BCUT2D eigenvalue weighted by Crippen LogP contribution is -2.37. The van der Waals surface area contributed by atoms with Crippen molar-refractivity contribution in [3.63, 3.8) is 0 Å². The summed E-state index contributed by atoms with van der Waals surface area (Å²) in [5.74, 6) is 0.606. The van der Waals surface area contributed by atoms with E-state index in [4.69, 9.17) is 5.73 Å². The molecule has 0 aromatic heterocycles. The van der Waals surface area contributed by atoms with Crippen LogP contribution in [0.25, 0.3) is 0 Å². The largest absolute Gasteiger partial charge is 0.449 e. The summed E-state index contributed by atoms with van der Waals surface area (Å²) >= 11 is 0. The van der Waals surface area contributed by atoms with Crippen molar-refractivity contribution in [2.24, 2.45) is 16.8 Å². The highest BCUT2D eigenvalue weighted by Gasteiger charge is 2.32. The van der Waals surface area contributed by atoms with Crippen LogP contribution < -0.4 is 5.73 Å². The summed E-state index contributed by atoms with van der Waals surface area (Å²) in [5.41, 5.74) is 5.68. The van der Waals surface area contributed by atoms with Gasteiger partial charge >= 0.3 is 6.09 Å². The number of hydrogen-bond donors (Lipinski definition) is 1. The summed E-state index contributed by atoms with van der Waals surface area (Å²) in [4.78, 5) is 22.5. The molecule has 0 spiro atoms. The third kappa shape index (κ3) is 3.71. The first-order chi connectivity index (χ1) is 9.58. The van der Waals surface area contributed by atoms with Gasteiger partial charge in [-0.15, -0.1) is 0 Å². The maximum absolute atomic E-state index is 12.0. The molecule has 1 atom stereocenters. The normalized spacial score (nSPS) is 21.8. The fraction of sp³-hybridized carbons (Fsp3) is 0.786. The zero-order valence-corrected chi connectivity index (χ0v) is 12.0. The molecular weight excluding hydrogens is 258 g/mol. The molecule has 6 nitrogen and oxygen atoms in total. The Labute approximate surface area is 119 Å². The number of rotatable bonds is 5. The Hall–Kier alpha value is -1.59. The van der Waals surface area contributed by atoms with Crippen molar-refractivity contribution < 1.29 is 14.3 Å². The molecule has 1 fully saturated rings. The molecule has 1 unspecified atom stereocenters. The second kappa shape index (κ2) is 6.72. The van der Waals surface area contributed by atoms with Crippen LogP contribution in [-0.4, -0.2) is 35.4 Å². The number of carbonyl (C=O) groups is 2. The summed E-state index contributed by atoms with van der Waals surface area (Å²) < 4.78 is 4.68. The number of primary amides is 1. The highest BCUT2D eigenvalue weighted by atomic mass is 16.5. The summed E-state index contributed by atoms with van der Waals surface area (Å²) in [6, 6.07) is 0.164. The first-order valence-electron chi connectivity index (χ1n) is 7.38. The third-order valence-corrected chi connectivity index (χ3v) is 4.21. The van der Waals surface area contributed by atoms with Crippen LogP contribution >= 0.6 is 0 Å². The molecule has 1 aliphatic carbocycles. The minimum atomic E-state index is -0.789. The van der Waals surface area contributed by atoms with Crippen LogP contribution in [0.4, 0.5) is 4.79 Å². The number of nitrogens with zero attached hydrogens (tertiary/aromatic N) is 2. The van der Waals surface area contributed by atoms with Crippen molar-refractivity contribution in [1.29, 1.82) is 0 Å². The number of nitrogens with two attached hydrogens (primary N) is 1. The van der Waals surface area contributed by atoms with Gasteiger partial charge in [-0.05, 0) is 25.7 Å². The third-order valence-electron chi connectivity index (χ3n) is 4.21. The van der Waals surface area contributed by atoms with Crippen molar-refractivity contribution in [2.75, 3.05) is 6.61 Å². The standard InChI is InChI=1S/C14H23N3O3/c1-10(11-5-3-2-4-6-11)17-13(18)9-12(16-17)7-8-20-14(15)19/h10-11H,2-9H2,1H3,(H2,15,19). The highest BCUT2D eigenvalue weighted by molar-refractivity contribution is 6.05.